The highest BCUT2D eigenvalue weighted by Gasteiger charge is 2.09. The molecule has 18 heavy (non-hydrogen) atoms. The van der Waals surface area contributed by atoms with Crippen molar-refractivity contribution in [3.63, 3.8) is 0 Å². The molecular weight excluding hydrogens is 224 g/mol. The van der Waals surface area contributed by atoms with E-state index in [2.05, 4.69) is 18.0 Å². The Hall–Kier alpha value is -1.90. The van der Waals surface area contributed by atoms with Gasteiger partial charge in [-0.05, 0) is 43.5 Å². The average molecular weight is 242 g/mol. The number of carbonyl (C=O) groups excluding carboxylic acids is 1. The van der Waals surface area contributed by atoms with Crippen LogP contribution in [-0.2, 0) is 6.42 Å². The smallest absolute Gasteiger partial charge is 0.249 e. The van der Waals surface area contributed by atoms with Crippen LogP contribution in [-0.4, -0.2) is 10.9 Å². The van der Waals surface area contributed by atoms with Crippen molar-refractivity contribution in [2.24, 2.45) is 5.73 Å². The van der Waals surface area contributed by atoms with Gasteiger partial charge < -0.3 is 5.73 Å². The zero-order valence-electron chi connectivity index (χ0n) is 10.9. The molecule has 1 amide bonds. The Kier molecular flexibility index (Phi) is 3.60. The fourth-order valence-corrected chi connectivity index (χ4v) is 2.15. The van der Waals surface area contributed by atoms with E-state index in [0.29, 0.717) is 5.56 Å². The molecule has 0 saturated carbocycles. The number of amides is 1. The van der Waals surface area contributed by atoms with Crippen molar-refractivity contribution in [2.45, 2.75) is 33.1 Å². The minimum Gasteiger partial charge on any atom is -0.366 e. The number of fused-ring (bicyclic) bond motifs is 1. The van der Waals surface area contributed by atoms with Gasteiger partial charge in [0.1, 0.15) is 0 Å². The van der Waals surface area contributed by atoms with E-state index in [-0.39, 0.29) is 0 Å². The summed E-state index contributed by atoms with van der Waals surface area (Å²) in [6.07, 6.45) is 3.34. The van der Waals surface area contributed by atoms with Crippen LogP contribution in [0.5, 0.6) is 0 Å². The van der Waals surface area contributed by atoms with Gasteiger partial charge in [0.05, 0.1) is 11.1 Å². The number of pyridine rings is 1. The van der Waals surface area contributed by atoms with Crippen LogP contribution < -0.4 is 5.73 Å². The van der Waals surface area contributed by atoms with E-state index in [0.717, 1.165) is 35.9 Å². The van der Waals surface area contributed by atoms with Crippen molar-refractivity contribution in [1.82, 2.24) is 4.98 Å². The fourth-order valence-electron chi connectivity index (χ4n) is 2.15. The van der Waals surface area contributed by atoms with Gasteiger partial charge in [-0.2, -0.15) is 0 Å². The third-order valence-corrected chi connectivity index (χ3v) is 3.09. The number of carbonyl (C=O) groups is 1. The first-order valence-electron chi connectivity index (χ1n) is 6.32. The lowest BCUT2D eigenvalue weighted by Crippen LogP contribution is -2.12. The third kappa shape index (κ3) is 2.50. The zero-order chi connectivity index (χ0) is 13.1. The van der Waals surface area contributed by atoms with E-state index < -0.39 is 5.91 Å². The van der Waals surface area contributed by atoms with Crippen molar-refractivity contribution in [3.8, 4) is 0 Å². The number of rotatable bonds is 4. The molecule has 3 nitrogen and oxygen atoms in total. The standard InChI is InChI=1S/C15H18N2O/c1-3-4-5-11-6-7-14-12(9-11)13(15(16)18)8-10(2)17-14/h6-9H,3-5H2,1-2H3,(H2,16,18). The van der Waals surface area contributed by atoms with Crippen LogP contribution in [0.3, 0.4) is 0 Å². The molecule has 0 fully saturated rings. The van der Waals surface area contributed by atoms with Gasteiger partial charge in [-0.25, -0.2) is 0 Å². The highest BCUT2D eigenvalue weighted by atomic mass is 16.1. The molecule has 2 aromatic rings. The van der Waals surface area contributed by atoms with Crippen LogP contribution >= 0.6 is 0 Å². The molecule has 2 rings (SSSR count). The van der Waals surface area contributed by atoms with Crippen LogP contribution in [0.2, 0.25) is 0 Å². The molecule has 1 heterocycles. The molecule has 3 heteroatoms. The fraction of sp³-hybridized carbons (Fsp3) is 0.333. The Morgan fingerprint density at radius 1 is 1.33 bits per heavy atom. The van der Waals surface area contributed by atoms with Crippen LogP contribution in [0, 0.1) is 6.92 Å². The van der Waals surface area contributed by atoms with Gasteiger partial charge in [-0.15, -0.1) is 0 Å². The molecule has 1 aromatic carbocycles. The number of nitrogens with two attached hydrogens (primary N) is 1. The molecule has 0 aliphatic heterocycles. The van der Waals surface area contributed by atoms with E-state index in [1.54, 1.807) is 6.07 Å². The minimum atomic E-state index is -0.391. The Labute approximate surface area is 107 Å². The summed E-state index contributed by atoms with van der Waals surface area (Å²) < 4.78 is 0. The van der Waals surface area contributed by atoms with Gasteiger partial charge in [-0.3, -0.25) is 9.78 Å². The van der Waals surface area contributed by atoms with Crippen LogP contribution in [0.1, 0.15) is 41.4 Å². The molecule has 0 atom stereocenters. The van der Waals surface area contributed by atoms with E-state index in [1.165, 1.54) is 5.56 Å². The van der Waals surface area contributed by atoms with Crippen molar-refractivity contribution in [3.05, 3.63) is 41.1 Å². The number of aryl methyl sites for hydroxylation is 2. The summed E-state index contributed by atoms with van der Waals surface area (Å²) in [5.74, 6) is -0.391. The van der Waals surface area contributed by atoms with Crippen LogP contribution in [0.15, 0.2) is 24.3 Å². The summed E-state index contributed by atoms with van der Waals surface area (Å²) >= 11 is 0. The minimum absolute atomic E-state index is 0.391. The van der Waals surface area contributed by atoms with Crippen molar-refractivity contribution >= 4 is 16.8 Å². The Morgan fingerprint density at radius 3 is 2.78 bits per heavy atom. The molecule has 0 radical (unpaired) electrons. The number of hydrogen-bond donors (Lipinski definition) is 1. The molecule has 0 bridgehead atoms. The summed E-state index contributed by atoms with van der Waals surface area (Å²) in [5.41, 5.74) is 8.89. The number of nitrogens with zero attached hydrogens (tertiary/aromatic N) is 1. The van der Waals surface area contributed by atoms with Gasteiger partial charge in [0.15, 0.2) is 0 Å². The second-order valence-electron chi connectivity index (χ2n) is 4.63. The first-order valence-corrected chi connectivity index (χ1v) is 6.32. The number of unbranched alkanes of at least 4 members (excludes halogenated alkanes) is 1. The molecule has 0 aliphatic rings. The summed E-state index contributed by atoms with van der Waals surface area (Å²) in [6.45, 7) is 4.04. The normalized spacial score (nSPS) is 10.8. The SMILES string of the molecule is CCCCc1ccc2nc(C)cc(C(N)=O)c2c1. The van der Waals surface area contributed by atoms with E-state index >= 15 is 0 Å². The second kappa shape index (κ2) is 5.17. The highest BCUT2D eigenvalue weighted by Crippen LogP contribution is 2.20. The topological polar surface area (TPSA) is 56.0 Å². The number of aromatic nitrogens is 1. The molecule has 94 valence electrons. The number of hydrogen-bond acceptors (Lipinski definition) is 2. The largest absolute Gasteiger partial charge is 0.366 e. The van der Waals surface area contributed by atoms with Gasteiger partial charge in [-0.1, -0.05) is 19.4 Å². The van der Waals surface area contributed by atoms with Crippen molar-refractivity contribution in [2.75, 3.05) is 0 Å². The Balaban J connectivity index is 2.56. The van der Waals surface area contributed by atoms with Crippen molar-refractivity contribution in [1.29, 1.82) is 0 Å². The van der Waals surface area contributed by atoms with Gasteiger partial charge in [0.2, 0.25) is 5.91 Å². The van der Waals surface area contributed by atoms with Gasteiger partial charge in [0.25, 0.3) is 0 Å². The van der Waals surface area contributed by atoms with Crippen LogP contribution in [0.4, 0.5) is 0 Å². The first kappa shape index (κ1) is 12.6. The lowest BCUT2D eigenvalue weighted by Gasteiger charge is -2.07. The van der Waals surface area contributed by atoms with Gasteiger partial charge in [0, 0.05) is 11.1 Å². The third-order valence-electron chi connectivity index (χ3n) is 3.09. The van der Waals surface area contributed by atoms with E-state index in [9.17, 15) is 4.79 Å². The predicted molar refractivity (Wildman–Crippen MR) is 73.6 cm³/mol. The van der Waals surface area contributed by atoms with Crippen LogP contribution in [0.25, 0.3) is 10.9 Å². The van der Waals surface area contributed by atoms with Gasteiger partial charge >= 0.3 is 0 Å². The molecule has 0 spiro atoms. The molecular formula is C15H18N2O. The van der Waals surface area contributed by atoms with Crippen molar-refractivity contribution < 1.29 is 4.79 Å². The molecule has 0 aliphatic carbocycles. The molecule has 0 saturated heterocycles. The Bertz CT molecular complexity index is 590. The highest BCUT2D eigenvalue weighted by molar-refractivity contribution is 6.05. The first-order chi connectivity index (χ1) is 8.61. The maximum absolute atomic E-state index is 11.5. The number of primary amides is 1. The molecule has 2 N–H and O–H groups in total. The number of benzene rings is 1. The molecule has 0 unspecified atom stereocenters. The Morgan fingerprint density at radius 2 is 2.11 bits per heavy atom. The lowest BCUT2D eigenvalue weighted by molar-refractivity contribution is 0.100. The zero-order valence-corrected chi connectivity index (χ0v) is 10.9. The quantitative estimate of drug-likeness (QED) is 0.896. The lowest BCUT2D eigenvalue weighted by atomic mass is 10.0. The second-order valence-corrected chi connectivity index (χ2v) is 4.63. The monoisotopic (exact) mass is 242 g/mol. The molecule has 1 aromatic heterocycles. The maximum atomic E-state index is 11.5. The average Bonchev–Trinajstić information content (AvgIpc) is 2.35. The summed E-state index contributed by atoms with van der Waals surface area (Å²) in [7, 11) is 0. The summed E-state index contributed by atoms with van der Waals surface area (Å²) in [5, 5.41) is 0.863. The summed E-state index contributed by atoms with van der Waals surface area (Å²) in [4.78, 5) is 15.9. The summed E-state index contributed by atoms with van der Waals surface area (Å²) in [6, 6.07) is 7.85. The predicted octanol–water partition coefficient (Wildman–Crippen LogP) is 2.98. The van der Waals surface area contributed by atoms with E-state index in [4.69, 9.17) is 5.73 Å². The van der Waals surface area contributed by atoms with E-state index in [1.807, 2.05) is 19.1 Å². The maximum Gasteiger partial charge on any atom is 0.249 e.